The molecule has 1 aliphatic heterocycles. The number of ketones is 1. The number of carbonyl (C=O) groups is 2. The summed E-state index contributed by atoms with van der Waals surface area (Å²) in [5.74, 6) is -1.26. The molecule has 1 aliphatic rings. The number of hydrogen-bond acceptors (Lipinski definition) is 4. The van der Waals surface area contributed by atoms with Crippen molar-refractivity contribution in [2.75, 3.05) is 13.2 Å². The summed E-state index contributed by atoms with van der Waals surface area (Å²) in [4.78, 5) is 30.6. The van der Waals surface area contributed by atoms with E-state index in [0.29, 0.717) is 48.0 Å². The van der Waals surface area contributed by atoms with Crippen LogP contribution in [0.1, 0.15) is 36.9 Å². The Labute approximate surface area is 203 Å². The molecule has 2 heterocycles. The van der Waals surface area contributed by atoms with Crippen LogP contribution in [0.3, 0.4) is 0 Å². The lowest BCUT2D eigenvalue weighted by atomic mass is 9.95. The van der Waals surface area contributed by atoms with Crippen LogP contribution in [0.15, 0.2) is 72.8 Å². The van der Waals surface area contributed by atoms with Crippen molar-refractivity contribution < 1.29 is 24.0 Å². The Morgan fingerprint density at radius 2 is 2.00 bits per heavy atom. The van der Waals surface area contributed by atoms with Gasteiger partial charge in [-0.25, -0.2) is 4.57 Å². The first-order valence-electron chi connectivity index (χ1n) is 11.3. The van der Waals surface area contributed by atoms with Gasteiger partial charge in [-0.3, -0.25) is 14.6 Å². The van der Waals surface area contributed by atoms with E-state index >= 15 is 0 Å². The number of rotatable bonds is 9. The summed E-state index contributed by atoms with van der Waals surface area (Å²) >= 11 is 6.22. The molecule has 3 aromatic rings. The first kappa shape index (κ1) is 23.6. The Morgan fingerprint density at radius 1 is 1.21 bits per heavy atom. The lowest BCUT2D eigenvalue weighted by Crippen LogP contribution is -2.36. The Kier molecular flexibility index (Phi) is 7.33. The first-order valence-corrected chi connectivity index (χ1v) is 11.6. The van der Waals surface area contributed by atoms with Crippen molar-refractivity contribution in [3.63, 3.8) is 0 Å². The molecule has 1 amide bonds. The number of Topliss-reactive ketones (excluding diaryl/α,β-unsaturated/α-hetero) is 1. The predicted molar refractivity (Wildman–Crippen MR) is 126 cm³/mol. The third kappa shape index (κ3) is 4.99. The summed E-state index contributed by atoms with van der Waals surface area (Å²) in [7, 11) is 0. The maximum Gasteiger partial charge on any atom is 0.295 e. The number of carbonyl (C=O) groups excluding carboxylic acids is 2. The molecule has 1 fully saturated rings. The minimum Gasteiger partial charge on any atom is -0.872 e. The van der Waals surface area contributed by atoms with Crippen LogP contribution < -0.4 is 14.4 Å². The van der Waals surface area contributed by atoms with Crippen LogP contribution in [0, 0.1) is 0 Å². The number of nitrogens with one attached hydrogen (secondary N) is 1. The average Bonchev–Trinajstić information content (AvgIpc) is 3.45. The number of nitrogens with zero attached hydrogens (tertiary/aromatic N) is 2. The van der Waals surface area contributed by atoms with E-state index in [1.54, 1.807) is 48.5 Å². The third-order valence-electron chi connectivity index (χ3n) is 5.70. The summed E-state index contributed by atoms with van der Waals surface area (Å²) in [5.41, 5.74) is 0.910. The van der Waals surface area contributed by atoms with Gasteiger partial charge in [0.25, 0.3) is 5.91 Å². The second-order valence-electron chi connectivity index (χ2n) is 8.10. The Morgan fingerprint density at radius 3 is 2.68 bits per heavy atom. The minimum absolute atomic E-state index is 0.0520. The largest absolute Gasteiger partial charge is 0.872 e. The summed E-state index contributed by atoms with van der Waals surface area (Å²) in [6, 6.07) is 12.8. The fourth-order valence-corrected chi connectivity index (χ4v) is 4.28. The Balaban J connectivity index is 1.68. The number of imidazole rings is 1. The Bertz CT molecular complexity index is 1190. The number of amides is 1. The van der Waals surface area contributed by atoms with Crippen LogP contribution in [0.4, 0.5) is 0 Å². The molecule has 8 heteroatoms. The van der Waals surface area contributed by atoms with E-state index in [1.165, 1.54) is 4.90 Å². The van der Waals surface area contributed by atoms with E-state index in [-0.39, 0.29) is 5.57 Å². The molecule has 176 valence electrons. The van der Waals surface area contributed by atoms with E-state index in [0.717, 1.165) is 6.42 Å². The van der Waals surface area contributed by atoms with Crippen molar-refractivity contribution in [3.05, 3.63) is 89.0 Å². The number of aromatic nitrogens is 2. The number of halogens is 1. The summed E-state index contributed by atoms with van der Waals surface area (Å²) in [6.45, 7) is 3.56. The van der Waals surface area contributed by atoms with Gasteiger partial charge in [0.1, 0.15) is 18.1 Å². The predicted octanol–water partition coefficient (Wildman–Crippen LogP) is 3.06. The fraction of sp³-hybridized carbons (Fsp3) is 0.269. The monoisotopic (exact) mass is 479 g/mol. The van der Waals surface area contributed by atoms with E-state index < -0.39 is 23.5 Å². The van der Waals surface area contributed by atoms with Crippen LogP contribution in [-0.2, 0) is 16.1 Å². The van der Waals surface area contributed by atoms with E-state index in [1.807, 2.05) is 30.2 Å². The summed E-state index contributed by atoms with van der Waals surface area (Å²) < 4.78 is 7.54. The smallest absolute Gasteiger partial charge is 0.295 e. The molecular weight excluding hydrogens is 454 g/mol. The first-order chi connectivity index (χ1) is 16.5. The number of aromatic amines is 1. The molecule has 34 heavy (non-hydrogen) atoms. The molecule has 2 aromatic carbocycles. The van der Waals surface area contributed by atoms with Gasteiger partial charge in [-0.2, -0.15) is 0 Å². The quantitative estimate of drug-likeness (QED) is 0.221. The molecule has 0 radical (unpaired) electrons. The fourth-order valence-electron chi connectivity index (χ4n) is 4.09. The molecule has 1 N–H and O–H groups in total. The maximum absolute atomic E-state index is 13.5. The molecular formula is C26H26ClN3O4. The van der Waals surface area contributed by atoms with Gasteiger partial charge >= 0.3 is 0 Å². The van der Waals surface area contributed by atoms with Crippen molar-refractivity contribution in [2.45, 2.75) is 32.4 Å². The average molecular weight is 480 g/mol. The summed E-state index contributed by atoms with van der Waals surface area (Å²) in [6.07, 6.45) is 7.00. The normalized spacial score (nSPS) is 17.4. The summed E-state index contributed by atoms with van der Waals surface area (Å²) in [5, 5.41) is 14.0. The Hall–Kier alpha value is -3.58. The SMILES string of the molecule is CCCOc1ccc(/C([O-])=C2\C(=O)C(=O)N(CCC[n+]3cc[nH]c3)C2c2cccc(Cl)c2)cc1. The molecule has 7 nitrogen and oxygen atoms in total. The van der Waals surface area contributed by atoms with Crippen LogP contribution in [0.2, 0.25) is 5.02 Å². The van der Waals surface area contributed by atoms with Gasteiger partial charge in [-0.1, -0.05) is 48.5 Å². The van der Waals surface area contributed by atoms with Crippen molar-refractivity contribution >= 4 is 29.1 Å². The third-order valence-corrected chi connectivity index (χ3v) is 5.94. The minimum atomic E-state index is -0.793. The topological polar surface area (TPSA) is 89.3 Å². The van der Waals surface area contributed by atoms with E-state index in [4.69, 9.17) is 16.3 Å². The van der Waals surface area contributed by atoms with Crippen molar-refractivity contribution in [1.29, 1.82) is 0 Å². The molecule has 1 atom stereocenters. The molecule has 0 bridgehead atoms. The van der Waals surface area contributed by atoms with Crippen LogP contribution in [0.5, 0.6) is 5.75 Å². The number of hydrogen-bond donors (Lipinski definition) is 1. The molecule has 1 aromatic heterocycles. The van der Waals surface area contributed by atoms with E-state index in [9.17, 15) is 14.7 Å². The molecule has 0 spiro atoms. The zero-order chi connectivity index (χ0) is 24.1. The molecule has 1 saturated heterocycles. The highest BCUT2D eigenvalue weighted by molar-refractivity contribution is 6.46. The number of aryl methyl sites for hydroxylation is 1. The van der Waals surface area contributed by atoms with Gasteiger partial charge in [-0.05, 0) is 41.8 Å². The van der Waals surface area contributed by atoms with Crippen molar-refractivity contribution in [3.8, 4) is 5.75 Å². The van der Waals surface area contributed by atoms with Crippen molar-refractivity contribution in [2.24, 2.45) is 0 Å². The zero-order valence-electron chi connectivity index (χ0n) is 18.9. The lowest BCUT2D eigenvalue weighted by Gasteiger charge is -2.27. The maximum atomic E-state index is 13.5. The number of H-pyrrole nitrogens is 1. The highest BCUT2D eigenvalue weighted by Crippen LogP contribution is 2.39. The van der Waals surface area contributed by atoms with Crippen LogP contribution in [0.25, 0.3) is 5.76 Å². The van der Waals surface area contributed by atoms with Crippen molar-refractivity contribution in [1.82, 2.24) is 9.88 Å². The van der Waals surface area contributed by atoms with Gasteiger partial charge in [0, 0.05) is 23.6 Å². The zero-order valence-corrected chi connectivity index (χ0v) is 19.6. The van der Waals surface area contributed by atoms with E-state index in [2.05, 4.69) is 4.98 Å². The molecule has 1 unspecified atom stereocenters. The van der Waals surface area contributed by atoms with Crippen LogP contribution >= 0.6 is 11.6 Å². The van der Waals surface area contributed by atoms with Gasteiger partial charge in [0.05, 0.1) is 19.2 Å². The number of ether oxygens (including phenoxy) is 1. The second kappa shape index (κ2) is 10.6. The molecule has 0 aliphatic carbocycles. The van der Waals surface area contributed by atoms with Gasteiger partial charge in [0.2, 0.25) is 12.1 Å². The lowest BCUT2D eigenvalue weighted by molar-refractivity contribution is -0.695. The van der Waals surface area contributed by atoms with Crippen LogP contribution in [-0.4, -0.2) is 34.7 Å². The standard InChI is InChI=1S/C26H26ClN3O4/c1-2-15-34-21-9-7-18(8-10-21)24(31)22-23(19-5-3-6-20(27)16-19)30(26(33)25(22)32)13-4-12-29-14-11-28-17-29/h3,5-11,14,16-17,23H,2,4,12-13,15H2,1H3,(H,31,32). The molecule has 0 saturated carbocycles. The highest BCUT2D eigenvalue weighted by atomic mass is 35.5. The highest BCUT2D eigenvalue weighted by Gasteiger charge is 2.44. The van der Waals surface area contributed by atoms with Gasteiger partial charge in [-0.15, -0.1) is 0 Å². The molecule has 4 rings (SSSR count). The number of benzene rings is 2. The number of likely N-dealkylation sites (tertiary alicyclic amines) is 1. The second-order valence-corrected chi connectivity index (χ2v) is 8.54. The van der Waals surface area contributed by atoms with Gasteiger partial charge in [0.15, 0.2) is 0 Å². The van der Waals surface area contributed by atoms with Gasteiger partial charge < -0.3 is 14.7 Å².